The Hall–Kier alpha value is -1.03. The third-order valence-electron chi connectivity index (χ3n) is 3.65. The number of nitrogens with one attached hydrogen (secondary N) is 1. The van der Waals surface area contributed by atoms with Crippen molar-refractivity contribution in [1.82, 2.24) is 5.32 Å². The first-order valence-corrected chi connectivity index (χ1v) is 7.82. The normalized spacial score (nSPS) is 23.1. The molecule has 1 aromatic carbocycles. The van der Waals surface area contributed by atoms with E-state index < -0.39 is 0 Å². The number of carbonyl (C=O) groups excluding carboxylic acids is 1. The Balaban J connectivity index is 1.80. The zero-order chi connectivity index (χ0) is 13.7. The fourth-order valence-corrected chi connectivity index (χ4v) is 3.23. The number of thioether (sulfide) groups is 1. The van der Waals surface area contributed by atoms with Crippen LogP contribution in [0.1, 0.15) is 32.6 Å². The van der Waals surface area contributed by atoms with Gasteiger partial charge in [-0.2, -0.15) is 0 Å². The maximum Gasteiger partial charge on any atom is 0.230 e. The van der Waals surface area contributed by atoms with E-state index in [4.69, 9.17) is 0 Å². The van der Waals surface area contributed by atoms with Crippen molar-refractivity contribution in [3.8, 4) is 0 Å². The average Bonchev–Trinajstić information content (AvgIpc) is 2.40. The minimum absolute atomic E-state index is 0.00648. The molecule has 1 aliphatic carbocycles. The highest BCUT2D eigenvalue weighted by atomic mass is 32.2. The molecule has 4 heteroatoms. The van der Waals surface area contributed by atoms with Crippen LogP contribution in [-0.4, -0.2) is 17.7 Å². The molecule has 1 aromatic rings. The molecule has 1 saturated carbocycles. The predicted octanol–water partition coefficient (Wildman–Crippen LogP) is 3.61. The second-order valence-corrected chi connectivity index (χ2v) is 6.17. The molecule has 1 fully saturated rings. The van der Waals surface area contributed by atoms with E-state index in [1.807, 2.05) is 0 Å². The van der Waals surface area contributed by atoms with Crippen molar-refractivity contribution in [2.75, 3.05) is 5.75 Å². The lowest BCUT2D eigenvalue weighted by Gasteiger charge is -2.29. The van der Waals surface area contributed by atoms with E-state index in [0.717, 1.165) is 6.42 Å². The summed E-state index contributed by atoms with van der Waals surface area (Å²) in [5.74, 6) is 0.582. The molecule has 1 N–H and O–H groups in total. The van der Waals surface area contributed by atoms with Gasteiger partial charge in [0.05, 0.1) is 5.75 Å². The highest BCUT2D eigenvalue weighted by Gasteiger charge is 2.22. The predicted molar refractivity (Wildman–Crippen MR) is 76.7 cm³/mol. The minimum Gasteiger partial charge on any atom is -0.352 e. The molecule has 0 radical (unpaired) electrons. The summed E-state index contributed by atoms with van der Waals surface area (Å²) in [4.78, 5) is 12.4. The van der Waals surface area contributed by atoms with Crippen molar-refractivity contribution >= 4 is 17.7 Å². The summed E-state index contributed by atoms with van der Waals surface area (Å²) in [5, 5.41) is 3.08. The van der Waals surface area contributed by atoms with Crippen LogP contribution in [0.2, 0.25) is 0 Å². The zero-order valence-electron chi connectivity index (χ0n) is 11.2. The third kappa shape index (κ3) is 4.23. The molecule has 104 valence electrons. The first-order chi connectivity index (χ1) is 9.16. The monoisotopic (exact) mass is 281 g/mol. The van der Waals surface area contributed by atoms with Crippen molar-refractivity contribution in [1.29, 1.82) is 0 Å². The molecule has 2 atom stereocenters. The van der Waals surface area contributed by atoms with Crippen LogP contribution >= 0.6 is 11.8 Å². The molecular weight excluding hydrogens is 261 g/mol. The molecule has 2 rings (SSSR count). The summed E-state index contributed by atoms with van der Waals surface area (Å²) in [6, 6.07) is 6.86. The summed E-state index contributed by atoms with van der Waals surface area (Å²) in [6.45, 7) is 2.19. The molecule has 0 aromatic heterocycles. The summed E-state index contributed by atoms with van der Waals surface area (Å²) in [6.07, 6.45) is 4.70. The standard InChI is InChI=1S/C15H20FNOS/c1-11-6-2-4-8-13(11)17-15(18)10-19-14-9-5-3-7-12(14)16/h3,5,7,9,11,13H,2,4,6,8,10H2,1H3,(H,17,18). The van der Waals surface area contributed by atoms with Crippen molar-refractivity contribution in [3.05, 3.63) is 30.1 Å². The van der Waals surface area contributed by atoms with Gasteiger partial charge >= 0.3 is 0 Å². The lowest BCUT2D eigenvalue weighted by Crippen LogP contribution is -2.41. The van der Waals surface area contributed by atoms with Crippen LogP contribution in [0.5, 0.6) is 0 Å². The van der Waals surface area contributed by atoms with Gasteiger partial charge in [0.1, 0.15) is 5.82 Å². The molecule has 1 amide bonds. The summed E-state index contributed by atoms with van der Waals surface area (Å²) in [5.41, 5.74) is 0. The second-order valence-electron chi connectivity index (χ2n) is 5.15. The molecule has 0 aliphatic heterocycles. The minimum atomic E-state index is -0.258. The summed E-state index contributed by atoms with van der Waals surface area (Å²) in [7, 11) is 0. The van der Waals surface area contributed by atoms with Crippen LogP contribution in [0.3, 0.4) is 0 Å². The van der Waals surface area contributed by atoms with E-state index in [-0.39, 0.29) is 17.5 Å². The van der Waals surface area contributed by atoms with Gasteiger partial charge in [-0.25, -0.2) is 4.39 Å². The van der Waals surface area contributed by atoms with Gasteiger partial charge in [-0.05, 0) is 30.9 Å². The Kier molecular flexibility index (Phi) is 5.25. The number of hydrogen-bond donors (Lipinski definition) is 1. The molecule has 0 saturated heterocycles. The third-order valence-corrected chi connectivity index (χ3v) is 4.70. The first kappa shape index (κ1) is 14.4. The number of halogens is 1. The van der Waals surface area contributed by atoms with Crippen molar-refractivity contribution in [3.63, 3.8) is 0 Å². The smallest absolute Gasteiger partial charge is 0.230 e. The Morgan fingerprint density at radius 2 is 2.11 bits per heavy atom. The summed E-state index contributed by atoms with van der Waals surface area (Å²) < 4.78 is 13.4. The quantitative estimate of drug-likeness (QED) is 0.854. The van der Waals surface area contributed by atoms with Crippen LogP contribution in [0.25, 0.3) is 0 Å². The Labute approximate surface area is 118 Å². The molecule has 2 unspecified atom stereocenters. The topological polar surface area (TPSA) is 29.1 Å². The van der Waals surface area contributed by atoms with E-state index in [9.17, 15) is 9.18 Å². The van der Waals surface area contributed by atoms with Crippen molar-refractivity contribution in [2.45, 2.75) is 43.5 Å². The van der Waals surface area contributed by atoms with Crippen LogP contribution in [0, 0.1) is 11.7 Å². The molecule has 1 aliphatic rings. The van der Waals surface area contributed by atoms with Gasteiger partial charge in [-0.15, -0.1) is 11.8 Å². The van der Waals surface area contributed by atoms with E-state index in [1.54, 1.807) is 18.2 Å². The molecule has 19 heavy (non-hydrogen) atoms. The number of benzene rings is 1. The van der Waals surface area contributed by atoms with Gasteiger partial charge in [-0.3, -0.25) is 4.79 Å². The van der Waals surface area contributed by atoms with E-state index in [0.29, 0.717) is 16.9 Å². The van der Waals surface area contributed by atoms with E-state index in [2.05, 4.69) is 12.2 Å². The number of hydrogen-bond acceptors (Lipinski definition) is 2. The van der Waals surface area contributed by atoms with Crippen LogP contribution in [-0.2, 0) is 4.79 Å². The molecular formula is C15H20FNOS. The fourth-order valence-electron chi connectivity index (χ4n) is 2.48. The summed E-state index contributed by atoms with van der Waals surface area (Å²) >= 11 is 1.26. The fraction of sp³-hybridized carbons (Fsp3) is 0.533. The zero-order valence-corrected chi connectivity index (χ0v) is 12.0. The highest BCUT2D eigenvalue weighted by Crippen LogP contribution is 2.24. The second kappa shape index (κ2) is 6.94. The first-order valence-electron chi connectivity index (χ1n) is 6.83. The van der Waals surface area contributed by atoms with Gasteiger partial charge in [-0.1, -0.05) is 31.9 Å². The molecule has 2 nitrogen and oxygen atoms in total. The van der Waals surface area contributed by atoms with Gasteiger partial charge < -0.3 is 5.32 Å². The lowest BCUT2D eigenvalue weighted by atomic mass is 9.86. The Morgan fingerprint density at radius 1 is 1.37 bits per heavy atom. The Morgan fingerprint density at radius 3 is 2.84 bits per heavy atom. The van der Waals surface area contributed by atoms with Crippen LogP contribution in [0.4, 0.5) is 4.39 Å². The van der Waals surface area contributed by atoms with Crippen LogP contribution in [0.15, 0.2) is 29.2 Å². The Bertz CT molecular complexity index is 438. The SMILES string of the molecule is CC1CCCCC1NC(=O)CSc1ccccc1F. The number of carbonyl (C=O) groups is 1. The average molecular weight is 281 g/mol. The molecule has 0 bridgehead atoms. The van der Waals surface area contributed by atoms with E-state index >= 15 is 0 Å². The maximum atomic E-state index is 13.4. The van der Waals surface area contributed by atoms with Gasteiger partial charge in [0.25, 0.3) is 0 Å². The van der Waals surface area contributed by atoms with Gasteiger partial charge in [0, 0.05) is 10.9 Å². The lowest BCUT2D eigenvalue weighted by molar-refractivity contribution is -0.119. The largest absolute Gasteiger partial charge is 0.352 e. The number of rotatable bonds is 4. The highest BCUT2D eigenvalue weighted by molar-refractivity contribution is 8.00. The van der Waals surface area contributed by atoms with E-state index in [1.165, 1.54) is 37.1 Å². The van der Waals surface area contributed by atoms with Gasteiger partial charge in [0.2, 0.25) is 5.91 Å². The number of amides is 1. The van der Waals surface area contributed by atoms with Crippen molar-refractivity contribution in [2.24, 2.45) is 5.92 Å². The molecule has 0 spiro atoms. The van der Waals surface area contributed by atoms with Crippen molar-refractivity contribution < 1.29 is 9.18 Å². The molecule has 0 heterocycles. The van der Waals surface area contributed by atoms with Crippen LogP contribution < -0.4 is 5.32 Å². The maximum absolute atomic E-state index is 13.4. The van der Waals surface area contributed by atoms with Gasteiger partial charge in [0.15, 0.2) is 0 Å².